The number of anilines is 1. The monoisotopic (exact) mass is 302 g/mol. The number of sulfonamides is 1. The molecule has 0 atom stereocenters. The van der Waals surface area contributed by atoms with Crippen LogP contribution in [0.3, 0.4) is 0 Å². The number of hydrogen-bond acceptors (Lipinski definition) is 6. The van der Waals surface area contributed by atoms with Crippen molar-refractivity contribution in [2.75, 3.05) is 40.2 Å². The number of methoxy groups -OCH3 is 2. The van der Waals surface area contributed by atoms with Crippen LogP contribution in [0.25, 0.3) is 0 Å². The average Bonchev–Trinajstić information content (AvgIpc) is 2.43. The third-order valence-corrected chi connectivity index (χ3v) is 4.62. The van der Waals surface area contributed by atoms with Gasteiger partial charge in [0.25, 0.3) is 0 Å². The van der Waals surface area contributed by atoms with E-state index in [1.54, 1.807) is 0 Å². The van der Waals surface area contributed by atoms with Crippen LogP contribution in [0.4, 0.5) is 5.69 Å². The van der Waals surface area contributed by atoms with Crippen molar-refractivity contribution in [2.45, 2.75) is 4.90 Å². The van der Waals surface area contributed by atoms with Gasteiger partial charge in [0.15, 0.2) is 0 Å². The van der Waals surface area contributed by atoms with Gasteiger partial charge in [-0.1, -0.05) is 0 Å². The van der Waals surface area contributed by atoms with Crippen molar-refractivity contribution >= 4 is 21.7 Å². The first kappa shape index (κ1) is 16.4. The van der Waals surface area contributed by atoms with Crippen molar-refractivity contribution in [1.82, 2.24) is 4.31 Å². The van der Waals surface area contributed by atoms with Crippen LogP contribution in [0.15, 0.2) is 23.1 Å². The van der Waals surface area contributed by atoms with Crippen molar-refractivity contribution in [3.05, 3.63) is 23.8 Å². The molecule has 20 heavy (non-hydrogen) atoms. The van der Waals surface area contributed by atoms with E-state index < -0.39 is 16.0 Å². The van der Waals surface area contributed by atoms with Gasteiger partial charge in [-0.05, 0) is 18.2 Å². The lowest BCUT2D eigenvalue weighted by atomic mass is 10.2. The number of nitrogen functional groups attached to an aromatic ring is 1. The van der Waals surface area contributed by atoms with Crippen molar-refractivity contribution in [2.24, 2.45) is 0 Å². The van der Waals surface area contributed by atoms with Crippen LogP contribution >= 0.6 is 0 Å². The van der Waals surface area contributed by atoms with E-state index in [9.17, 15) is 13.2 Å². The number of esters is 1. The van der Waals surface area contributed by atoms with Gasteiger partial charge in [-0.25, -0.2) is 13.2 Å². The highest BCUT2D eigenvalue weighted by atomic mass is 32.2. The van der Waals surface area contributed by atoms with Gasteiger partial charge < -0.3 is 15.2 Å². The number of rotatable bonds is 6. The van der Waals surface area contributed by atoms with Gasteiger partial charge in [0, 0.05) is 26.4 Å². The Labute approximate surface area is 118 Å². The molecule has 0 aromatic heterocycles. The number of ether oxygens (including phenoxy) is 2. The summed E-state index contributed by atoms with van der Waals surface area (Å²) < 4.78 is 35.4. The third kappa shape index (κ3) is 3.47. The summed E-state index contributed by atoms with van der Waals surface area (Å²) in [6, 6.07) is 3.99. The highest BCUT2D eigenvalue weighted by Crippen LogP contribution is 2.22. The van der Waals surface area contributed by atoms with Crippen molar-refractivity contribution in [3.63, 3.8) is 0 Å². The molecule has 0 saturated carbocycles. The molecule has 0 fully saturated rings. The quantitative estimate of drug-likeness (QED) is 0.600. The average molecular weight is 302 g/mol. The molecular formula is C12H18N2O5S. The Bertz CT molecular complexity index is 586. The summed E-state index contributed by atoms with van der Waals surface area (Å²) in [4.78, 5) is 11.5. The molecule has 2 N–H and O–H groups in total. The number of carbonyl (C=O) groups is 1. The molecule has 0 spiro atoms. The predicted molar refractivity (Wildman–Crippen MR) is 73.9 cm³/mol. The van der Waals surface area contributed by atoms with E-state index in [-0.39, 0.29) is 29.3 Å². The Balaban J connectivity index is 3.27. The van der Waals surface area contributed by atoms with Gasteiger partial charge in [-0.2, -0.15) is 4.31 Å². The first-order valence-electron chi connectivity index (χ1n) is 5.77. The molecule has 0 aliphatic carbocycles. The zero-order chi connectivity index (χ0) is 15.3. The first-order valence-corrected chi connectivity index (χ1v) is 7.21. The lowest BCUT2D eigenvalue weighted by Gasteiger charge is -2.18. The van der Waals surface area contributed by atoms with E-state index in [4.69, 9.17) is 10.5 Å². The highest BCUT2D eigenvalue weighted by molar-refractivity contribution is 7.89. The maximum atomic E-state index is 12.4. The fourth-order valence-electron chi connectivity index (χ4n) is 1.55. The van der Waals surface area contributed by atoms with Gasteiger partial charge >= 0.3 is 5.97 Å². The van der Waals surface area contributed by atoms with Gasteiger partial charge in [-0.15, -0.1) is 0 Å². The summed E-state index contributed by atoms with van der Waals surface area (Å²) in [7, 11) is 0.245. The lowest BCUT2D eigenvalue weighted by molar-refractivity contribution is 0.0596. The molecular weight excluding hydrogens is 284 g/mol. The summed E-state index contributed by atoms with van der Waals surface area (Å²) in [5, 5.41) is 0. The molecule has 0 amide bonds. The fraction of sp³-hybridized carbons (Fsp3) is 0.417. The Morgan fingerprint density at radius 1 is 1.35 bits per heavy atom. The molecule has 1 aromatic rings. The van der Waals surface area contributed by atoms with E-state index in [2.05, 4.69) is 4.74 Å². The second-order valence-electron chi connectivity index (χ2n) is 4.07. The number of carbonyl (C=O) groups excluding carboxylic acids is 1. The van der Waals surface area contributed by atoms with Crippen molar-refractivity contribution < 1.29 is 22.7 Å². The summed E-state index contributed by atoms with van der Waals surface area (Å²) in [6.45, 7) is 0.419. The molecule has 0 bridgehead atoms. The Kier molecular flexibility index (Phi) is 5.49. The van der Waals surface area contributed by atoms with Gasteiger partial charge in [-0.3, -0.25) is 0 Å². The largest absolute Gasteiger partial charge is 0.465 e. The van der Waals surface area contributed by atoms with Crippen LogP contribution in [-0.4, -0.2) is 53.1 Å². The minimum absolute atomic E-state index is 0.0863. The maximum Gasteiger partial charge on any atom is 0.339 e. The Hall–Kier alpha value is -1.64. The summed E-state index contributed by atoms with van der Waals surface area (Å²) in [6.07, 6.45) is 0. The minimum Gasteiger partial charge on any atom is -0.465 e. The highest BCUT2D eigenvalue weighted by Gasteiger charge is 2.27. The lowest BCUT2D eigenvalue weighted by Crippen LogP contribution is -2.31. The molecule has 0 aliphatic rings. The standard InChI is InChI=1S/C12H18N2O5S/c1-14(6-7-18-2)20(16,17)11-5-4-9(13)8-10(11)12(15)19-3/h4-5,8H,6-7,13H2,1-3H3. The Morgan fingerprint density at radius 3 is 2.55 bits per heavy atom. The zero-order valence-electron chi connectivity index (χ0n) is 11.6. The van der Waals surface area contributed by atoms with Crippen LogP contribution < -0.4 is 5.73 Å². The number of benzene rings is 1. The van der Waals surface area contributed by atoms with Crippen molar-refractivity contribution in [3.8, 4) is 0 Å². The second kappa shape index (κ2) is 6.69. The summed E-state index contributed by atoms with van der Waals surface area (Å²) in [5.74, 6) is -0.754. The minimum atomic E-state index is -3.82. The Morgan fingerprint density at radius 2 is 2.00 bits per heavy atom. The number of nitrogens with zero attached hydrogens (tertiary/aromatic N) is 1. The topological polar surface area (TPSA) is 98.9 Å². The van der Waals surface area contributed by atoms with E-state index in [0.717, 1.165) is 4.31 Å². The van der Waals surface area contributed by atoms with Crippen LogP contribution in [0.5, 0.6) is 0 Å². The predicted octanol–water partition coefficient (Wildman–Crippen LogP) is 0.322. The van der Waals surface area contributed by atoms with Gasteiger partial charge in [0.1, 0.15) is 0 Å². The number of nitrogens with two attached hydrogens (primary N) is 1. The number of likely N-dealkylation sites (N-methyl/N-ethyl adjacent to an activating group) is 1. The van der Waals surface area contributed by atoms with E-state index in [0.29, 0.717) is 0 Å². The van der Waals surface area contributed by atoms with Crippen LogP contribution in [0, 0.1) is 0 Å². The SMILES string of the molecule is COCCN(C)S(=O)(=O)c1ccc(N)cc1C(=O)OC. The van der Waals surface area contributed by atoms with Gasteiger partial charge in [0.05, 0.1) is 24.2 Å². The molecule has 0 saturated heterocycles. The summed E-state index contributed by atoms with van der Waals surface area (Å²) in [5.41, 5.74) is 5.78. The van der Waals surface area contributed by atoms with E-state index in [1.807, 2.05) is 0 Å². The van der Waals surface area contributed by atoms with Crippen LogP contribution in [0.2, 0.25) is 0 Å². The number of hydrogen-bond donors (Lipinski definition) is 1. The fourth-order valence-corrected chi connectivity index (χ4v) is 2.86. The molecule has 0 heterocycles. The normalized spacial score (nSPS) is 11.6. The molecule has 0 radical (unpaired) electrons. The van der Waals surface area contributed by atoms with Crippen molar-refractivity contribution in [1.29, 1.82) is 0 Å². The third-order valence-electron chi connectivity index (χ3n) is 2.71. The molecule has 0 aliphatic heterocycles. The van der Waals surface area contributed by atoms with Gasteiger partial charge in [0.2, 0.25) is 10.0 Å². The molecule has 1 rings (SSSR count). The zero-order valence-corrected chi connectivity index (χ0v) is 12.4. The first-order chi connectivity index (χ1) is 9.34. The second-order valence-corrected chi connectivity index (χ2v) is 6.08. The molecule has 112 valence electrons. The maximum absolute atomic E-state index is 12.4. The molecule has 8 heteroatoms. The summed E-state index contributed by atoms with van der Waals surface area (Å²) >= 11 is 0. The molecule has 1 aromatic carbocycles. The van der Waals surface area contributed by atoms with Crippen LogP contribution in [0.1, 0.15) is 10.4 Å². The van der Waals surface area contributed by atoms with Crippen LogP contribution in [-0.2, 0) is 19.5 Å². The van der Waals surface area contributed by atoms with E-state index >= 15 is 0 Å². The smallest absolute Gasteiger partial charge is 0.339 e. The molecule has 7 nitrogen and oxygen atoms in total. The van der Waals surface area contributed by atoms with E-state index in [1.165, 1.54) is 39.5 Å². The molecule has 0 unspecified atom stereocenters.